The van der Waals surface area contributed by atoms with E-state index in [2.05, 4.69) is 9.97 Å². The molecular weight excluding hydrogens is 274 g/mol. The summed E-state index contributed by atoms with van der Waals surface area (Å²) in [4.78, 5) is 8.38. The quantitative estimate of drug-likeness (QED) is 0.806. The van der Waals surface area contributed by atoms with Gasteiger partial charge >= 0.3 is 0 Å². The molecule has 6 heteroatoms. The highest BCUT2D eigenvalue weighted by atomic mass is 19.2. The van der Waals surface area contributed by atoms with Crippen molar-refractivity contribution in [2.24, 2.45) is 0 Å². The first-order valence-corrected chi connectivity index (χ1v) is 6.64. The molecule has 3 rings (SSSR count). The first-order valence-electron chi connectivity index (χ1n) is 6.64. The zero-order valence-corrected chi connectivity index (χ0v) is 11.5. The van der Waals surface area contributed by atoms with Crippen LogP contribution in [0, 0.1) is 11.6 Å². The number of halogens is 2. The van der Waals surface area contributed by atoms with Gasteiger partial charge in [-0.05, 0) is 30.2 Å². The molecule has 0 radical (unpaired) electrons. The van der Waals surface area contributed by atoms with Crippen molar-refractivity contribution in [1.29, 1.82) is 0 Å². The van der Waals surface area contributed by atoms with Crippen molar-refractivity contribution in [1.82, 2.24) is 14.5 Å². The molecule has 0 aliphatic carbocycles. The maximum absolute atomic E-state index is 14.0. The molecule has 0 atom stereocenters. The number of nitrogens with two attached hydrogens (primary N) is 1. The van der Waals surface area contributed by atoms with Gasteiger partial charge in [0.2, 0.25) is 5.95 Å². The van der Waals surface area contributed by atoms with Gasteiger partial charge in [0.05, 0.1) is 17.8 Å². The number of anilines is 1. The average Bonchev–Trinajstić information content (AvgIpc) is 2.80. The maximum Gasteiger partial charge on any atom is 0.201 e. The lowest BCUT2D eigenvalue weighted by Crippen LogP contribution is -2.09. The summed E-state index contributed by atoms with van der Waals surface area (Å²) < 4.78 is 28.9. The standard InChI is InChI=1S/C15H14F2N4/c1-2-9-4-3-7-19-12(9)8-21-14-11(20-15(21)18)6-5-10(16)13(14)17/h3-7H,2,8H2,1H3,(H2,18,20). The molecule has 0 amide bonds. The molecule has 0 unspecified atom stereocenters. The Hall–Kier alpha value is -2.50. The summed E-state index contributed by atoms with van der Waals surface area (Å²) in [6, 6.07) is 6.26. The highest BCUT2D eigenvalue weighted by Crippen LogP contribution is 2.24. The van der Waals surface area contributed by atoms with Crippen LogP contribution in [0.1, 0.15) is 18.2 Å². The number of aromatic nitrogens is 3. The van der Waals surface area contributed by atoms with E-state index in [0.717, 1.165) is 23.7 Å². The van der Waals surface area contributed by atoms with Gasteiger partial charge in [0.1, 0.15) is 5.52 Å². The number of fused-ring (bicyclic) bond motifs is 1. The minimum Gasteiger partial charge on any atom is -0.369 e. The molecular formula is C15H14F2N4. The second-order valence-corrected chi connectivity index (χ2v) is 4.75. The first-order chi connectivity index (χ1) is 10.1. The molecule has 4 nitrogen and oxygen atoms in total. The lowest BCUT2D eigenvalue weighted by molar-refractivity contribution is 0.512. The van der Waals surface area contributed by atoms with Gasteiger partial charge in [-0.1, -0.05) is 13.0 Å². The third-order valence-electron chi connectivity index (χ3n) is 3.50. The highest BCUT2D eigenvalue weighted by Gasteiger charge is 2.17. The summed E-state index contributed by atoms with van der Waals surface area (Å²) in [6.07, 6.45) is 2.47. The molecule has 0 aliphatic heterocycles. The topological polar surface area (TPSA) is 56.7 Å². The third-order valence-corrected chi connectivity index (χ3v) is 3.50. The predicted octanol–water partition coefficient (Wildman–Crippen LogP) is 2.90. The van der Waals surface area contributed by atoms with Crippen molar-refractivity contribution in [3.8, 4) is 0 Å². The Bertz CT molecular complexity index is 811. The zero-order chi connectivity index (χ0) is 15.0. The van der Waals surface area contributed by atoms with E-state index in [-0.39, 0.29) is 18.0 Å². The first kappa shape index (κ1) is 13.5. The summed E-state index contributed by atoms with van der Waals surface area (Å²) in [5.74, 6) is -1.71. The predicted molar refractivity (Wildman–Crippen MR) is 76.8 cm³/mol. The molecule has 0 saturated heterocycles. The second-order valence-electron chi connectivity index (χ2n) is 4.75. The number of imidazole rings is 1. The fraction of sp³-hybridized carbons (Fsp3) is 0.200. The van der Waals surface area contributed by atoms with Gasteiger partial charge in [-0.2, -0.15) is 0 Å². The molecule has 2 aromatic heterocycles. The van der Waals surface area contributed by atoms with Crippen LogP contribution in [0.25, 0.3) is 11.0 Å². The van der Waals surface area contributed by atoms with Crippen LogP contribution in [0.2, 0.25) is 0 Å². The minimum absolute atomic E-state index is 0.0696. The summed E-state index contributed by atoms with van der Waals surface area (Å²) >= 11 is 0. The van der Waals surface area contributed by atoms with Gasteiger partial charge in [0, 0.05) is 6.20 Å². The molecule has 0 spiro atoms. The van der Waals surface area contributed by atoms with Gasteiger partial charge in [0.15, 0.2) is 11.6 Å². The summed E-state index contributed by atoms with van der Waals surface area (Å²) in [5, 5.41) is 0. The van der Waals surface area contributed by atoms with E-state index in [1.807, 2.05) is 19.1 Å². The molecule has 2 heterocycles. The Labute approximate surface area is 120 Å². The number of nitrogens with zero attached hydrogens (tertiary/aromatic N) is 3. The molecule has 0 saturated carbocycles. The average molecular weight is 288 g/mol. The molecule has 21 heavy (non-hydrogen) atoms. The van der Waals surface area contributed by atoms with Crippen LogP contribution < -0.4 is 5.73 Å². The van der Waals surface area contributed by atoms with E-state index in [1.54, 1.807) is 6.20 Å². The van der Waals surface area contributed by atoms with Gasteiger partial charge in [-0.25, -0.2) is 13.8 Å². The summed E-state index contributed by atoms with van der Waals surface area (Å²) in [6.45, 7) is 2.27. The SMILES string of the molecule is CCc1cccnc1Cn1c(N)nc2ccc(F)c(F)c21. The smallest absolute Gasteiger partial charge is 0.201 e. The van der Waals surface area contributed by atoms with E-state index in [0.29, 0.717) is 5.52 Å². The monoisotopic (exact) mass is 288 g/mol. The van der Waals surface area contributed by atoms with Crippen molar-refractivity contribution in [2.45, 2.75) is 19.9 Å². The Kier molecular flexibility index (Phi) is 3.29. The van der Waals surface area contributed by atoms with Crippen LogP contribution in [0.15, 0.2) is 30.5 Å². The van der Waals surface area contributed by atoms with Crippen LogP contribution in [0.5, 0.6) is 0 Å². The van der Waals surface area contributed by atoms with Gasteiger partial charge in [-0.3, -0.25) is 4.98 Å². The fourth-order valence-corrected chi connectivity index (χ4v) is 2.42. The Morgan fingerprint density at radius 1 is 1.24 bits per heavy atom. The molecule has 108 valence electrons. The Balaban J connectivity index is 2.16. The summed E-state index contributed by atoms with van der Waals surface area (Å²) in [7, 11) is 0. The lowest BCUT2D eigenvalue weighted by atomic mass is 10.1. The number of nitrogen functional groups attached to an aromatic ring is 1. The van der Waals surface area contributed by atoms with Crippen LogP contribution in [-0.4, -0.2) is 14.5 Å². The number of rotatable bonds is 3. The van der Waals surface area contributed by atoms with Gasteiger partial charge in [0.25, 0.3) is 0 Å². The second kappa shape index (κ2) is 5.12. The van der Waals surface area contributed by atoms with Crippen molar-refractivity contribution < 1.29 is 8.78 Å². The molecule has 0 bridgehead atoms. The molecule has 1 aromatic carbocycles. The van der Waals surface area contributed by atoms with E-state index in [4.69, 9.17) is 5.73 Å². The zero-order valence-electron chi connectivity index (χ0n) is 11.5. The molecule has 0 aliphatic rings. The van der Waals surface area contributed by atoms with E-state index in [9.17, 15) is 8.78 Å². The van der Waals surface area contributed by atoms with Gasteiger partial charge in [-0.15, -0.1) is 0 Å². The largest absolute Gasteiger partial charge is 0.369 e. The van der Waals surface area contributed by atoms with Crippen molar-refractivity contribution in [3.63, 3.8) is 0 Å². The van der Waals surface area contributed by atoms with Crippen LogP contribution in [0.3, 0.4) is 0 Å². The van der Waals surface area contributed by atoms with Crippen molar-refractivity contribution >= 4 is 17.0 Å². The van der Waals surface area contributed by atoms with E-state index in [1.165, 1.54) is 10.6 Å². The third kappa shape index (κ3) is 2.22. The van der Waals surface area contributed by atoms with Gasteiger partial charge < -0.3 is 10.3 Å². The highest BCUT2D eigenvalue weighted by molar-refractivity contribution is 5.79. The van der Waals surface area contributed by atoms with Crippen molar-refractivity contribution in [2.75, 3.05) is 5.73 Å². The Morgan fingerprint density at radius 3 is 2.81 bits per heavy atom. The number of pyridine rings is 1. The lowest BCUT2D eigenvalue weighted by Gasteiger charge is -2.10. The van der Waals surface area contributed by atoms with E-state index < -0.39 is 11.6 Å². The maximum atomic E-state index is 14.0. The molecule has 2 N–H and O–H groups in total. The molecule has 0 fully saturated rings. The number of hydrogen-bond acceptors (Lipinski definition) is 3. The van der Waals surface area contributed by atoms with Crippen LogP contribution in [-0.2, 0) is 13.0 Å². The van der Waals surface area contributed by atoms with Crippen LogP contribution >= 0.6 is 0 Å². The Morgan fingerprint density at radius 2 is 2.05 bits per heavy atom. The van der Waals surface area contributed by atoms with E-state index >= 15 is 0 Å². The van der Waals surface area contributed by atoms with Crippen LogP contribution in [0.4, 0.5) is 14.7 Å². The minimum atomic E-state index is -0.939. The molecule has 3 aromatic rings. The fourth-order valence-electron chi connectivity index (χ4n) is 2.42. The number of aryl methyl sites for hydroxylation is 1. The summed E-state index contributed by atoms with van der Waals surface area (Å²) in [5.41, 5.74) is 8.06. The number of hydrogen-bond donors (Lipinski definition) is 1. The van der Waals surface area contributed by atoms with Crippen molar-refractivity contribution in [3.05, 3.63) is 53.4 Å². The normalized spacial score (nSPS) is 11.2. The number of benzene rings is 1.